The van der Waals surface area contributed by atoms with Crippen molar-refractivity contribution in [3.05, 3.63) is 34.8 Å². The van der Waals surface area contributed by atoms with E-state index in [4.69, 9.17) is 28.9 Å². The summed E-state index contributed by atoms with van der Waals surface area (Å²) in [5.41, 5.74) is 5.18. The Bertz CT molecular complexity index is 790. The SMILES string of the molecule is NC(=O)Cn1cc(NS(=O)(=O)c2cnc(Cl)c(Cl)c2)cn1. The molecule has 0 aromatic carbocycles. The first-order valence-electron chi connectivity index (χ1n) is 5.42. The van der Waals surface area contributed by atoms with E-state index < -0.39 is 15.9 Å². The van der Waals surface area contributed by atoms with Crippen molar-refractivity contribution in [2.24, 2.45) is 5.73 Å². The number of halogens is 2. The third kappa shape index (κ3) is 3.84. The first-order valence-corrected chi connectivity index (χ1v) is 7.66. The molecule has 0 bridgehead atoms. The maximum Gasteiger partial charge on any atom is 0.263 e. The van der Waals surface area contributed by atoms with Gasteiger partial charge < -0.3 is 5.73 Å². The Balaban J connectivity index is 2.22. The molecule has 0 aliphatic carbocycles. The van der Waals surface area contributed by atoms with Gasteiger partial charge in [-0.1, -0.05) is 23.2 Å². The minimum absolute atomic E-state index is 0.00453. The third-order valence-corrected chi connectivity index (χ3v) is 4.32. The molecule has 2 rings (SSSR count). The maximum absolute atomic E-state index is 12.1. The van der Waals surface area contributed by atoms with Gasteiger partial charge in [0.2, 0.25) is 5.91 Å². The number of nitrogens with one attached hydrogen (secondary N) is 1. The number of hydrogen-bond donors (Lipinski definition) is 2. The van der Waals surface area contributed by atoms with Crippen LogP contribution in [0, 0.1) is 0 Å². The van der Waals surface area contributed by atoms with Gasteiger partial charge >= 0.3 is 0 Å². The van der Waals surface area contributed by atoms with E-state index in [1.807, 2.05) is 0 Å². The summed E-state index contributed by atoms with van der Waals surface area (Å²) in [6.07, 6.45) is 3.64. The normalized spacial score (nSPS) is 11.3. The highest BCUT2D eigenvalue weighted by Gasteiger charge is 2.17. The van der Waals surface area contributed by atoms with Crippen LogP contribution in [-0.2, 0) is 21.4 Å². The highest BCUT2D eigenvalue weighted by Crippen LogP contribution is 2.23. The zero-order chi connectivity index (χ0) is 15.6. The molecular formula is C10H9Cl2N5O3S. The smallest absolute Gasteiger partial charge is 0.263 e. The molecule has 0 saturated carbocycles. The molecule has 21 heavy (non-hydrogen) atoms. The molecule has 0 aliphatic rings. The van der Waals surface area contributed by atoms with Crippen molar-refractivity contribution < 1.29 is 13.2 Å². The number of primary amides is 1. The molecule has 2 aromatic heterocycles. The van der Waals surface area contributed by atoms with Gasteiger partial charge in [0.25, 0.3) is 10.0 Å². The summed E-state index contributed by atoms with van der Waals surface area (Å²) in [6, 6.07) is 1.17. The van der Waals surface area contributed by atoms with Crippen molar-refractivity contribution >= 4 is 44.8 Å². The van der Waals surface area contributed by atoms with Crippen molar-refractivity contribution in [2.75, 3.05) is 4.72 Å². The average Bonchev–Trinajstić information content (AvgIpc) is 2.78. The molecule has 3 N–H and O–H groups in total. The number of hydrogen-bond acceptors (Lipinski definition) is 5. The Morgan fingerprint density at radius 2 is 2.10 bits per heavy atom. The van der Waals surface area contributed by atoms with E-state index in [2.05, 4.69) is 14.8 Å². The lowest BCUT2D eigenvalue weighted by molar-refractivity contribution is -0.118. The molecule has 0 unspecified atom stereocenters. The fraction of sp³-hybridized carbons (Fsp3) is 0.100. The first kappa shape index (κ1) is 15.5. The van der Waals surface area contributed by atoms with Crippen LogP contribution in [0.1, 0.15) is 0 Å². The van der Waals surface area contributed by atoms with Gasteiger partial charge in [-0.15, -0.1) is 0 Å². The van der Waals surface area contributed by atoms with E-state index in [1.54, 1.807) is 0 Å². The number of pyridine rings is 1. The molecule has 0 spiro atoms. The Morgan fingerprint density at radius 1 is 1.38 bits per heavy atom. The number of carbonyl (C=O) groups excluding carboxylic acids is 1. The van der Waals surface area contributed by atoms with Crippen LogP contribution < -0.4 is 10.5 Å². The summed E-state index contributed by atoms with van der Waals surface area (Å²) >= 11 is 11.4. The molecule has 2 aromatic rings. The van der Waals surface area contributed by atoms with Gasteiger partial charge in [-0.25, -0.2) is 13.4 Å². The number of nitrogens with two attached hydrogens (primary N) is 1. The van der Waals surface area contributed by atoms with Crippen LogP contribution in [0.4, 0.5) is 5.69 Å². The van der Waals surface area contributed by atoms with Gasteiger partial charge in [-0.3, -0.25) is 14.2 Å². The highest BCUT2D eigenvalue weighted by molar-refractivity contribution is 7.92. The van der Waals surface area contributed by atoms with Gasteiger partial charge in [0.05, 0.1) is 16.9 Å². The van der Waals surface area contributed by atoms with Gasteiger partial charge in [0, 0.05) is 12.4 Å². The Hall–Kier alpha value is -1.84. The van der Waals surface area contributed by atoms with Crippen LogP contribution in [0.5, 0.6) is 0 Å². The predicted molar refractivity (Wildman–Crippen MR) is 76.5 cm³/mol. The highest BCUT2D eigenvalue weighted by atomic mass is 35.5. The number of amides is 1. The molecule has 1 amide bonds. The van der Waals surface area contributed by atoms with Crippen molar-refractivity contribution in [1.82, 2.24) is 14.8 Å². The molecule has 0 radical (unpaired) electrons. The van der Waals surface area contributed by atoms with Crippen molar-refractivity contribution in [3.8, 4) is 0 Å². The van der Waals surface area contributed by atoms with Crippen molar-refractivity contribution in [2.45, 2.75) is 11.4 Å². The lowest BCUT2D eigenvalue weighted by Crippen LogP contribution is -2.18. The fourth-order valence-corrected chi connectivity index (χ4v) is 2.76. The molecule has 0 saturated heterocycles. The second-order valence-electron chi connectivity index (χ2n) is 3.94. The number of aromatic nitrogens is 3. The van der Waals surface area contributed by atoms with Crippen LogP contribution >= 0.6 is 23.2 Å². The summed E-state index contributed by atoms with van der Waals surface area (Å²) in [5.74, 6) is -0.596. The molecular weight excluding hydrogens is 341 g/mol. The van der Waals surface area contributed by atoms with Gasteiger partial charge in [0.1, 0.15) is 16.6 Å². The second-order valence-corrected chi connectivity index (χ2v) is 6.39. The van der Waals surface area contributed by atoms with Gasteiger partial charge in [-0.2, -0.15) is 5.10 Å². The summed E-state index contributed by atoms with van der Waals surface area (Å²) in [6.45, 7) is -0.157. The van der Waals surface area contributed by atoms with Crippen molar-refractivity contribution in [3.63, 3.8) is 0 Å². The van der Waals surface area contributed by atoms with E-state index in [0.29, 0.717) is 0 Å². The number of nitrogens with zero attached hydrogens (tertiary/aromatic N) is 3. The lowest BCUT2D eigenvalue weighted by Gasteiger charge is -2.06. The maximum atomic E-state index is 12.1. The molecule has 0 atom stereocenters. The Kier molecular flexibility index (Phi) is 4.35. The van der Waals surface area contributed by atoms with E-state index in [0.717, 1.165) is 6.20 Å². The fourth-order valence-electron chi connectivity index (χ4n) is 1.43. The Morgan fingerprint density at radius 3 is 2.71 bits per heavy atom. The number of rotatable bonds is 5. The van der Waals surface area contributed by atoms with Crippen molar-refractivity contribution in [1.29, 1.82) is 0 Å². The average molecular weight is 350 g/mol. The van der Waals surface area contributed by atoms with Crippen LogP contribution in [0.3, 0.4) is 0 Å². The van der Waals surface area contributed by atoms with Crippen LogP contribution in [0.25, 0.3) is 0 Å². The topological polar surface area (TPSA) is 120 Å². The van der Waals surface area contributed by atoms with E-state index in [1.165, 1.54) is 23.1 Å². The lowest BCUT2D eigenvalue weighted by atomic mass is 10.5. The van der Waals surface area contributed by atoms with Crippen LogP contribution in [0.2, 0.25) is 10.2 Å². The Labute approximate surface area is 129 Å². The summed E-state index contributed by atoms with van der Waals surface area (Å²) in [4.78, 5) is 14.3. The molecule has 8 nitrogen and oxygen atoms in total. The number of carbonyl (C=O) groups is 1. The third-order valence-electron chi connectivity index (χ3n) is 2.28. The minimum atomic E-state index is -3.89. The van der Waals surface area contributed by atoms with Crippen LogP contribution in [0.15, 0.2) is 29.6 Å². The van der Waals surface area contributed by atoms with Gasteiger partial charge in [0.15, 0.2) is 0 Å². The quantitative estimate of drug-likeness (QED) is 0.776. The summed E-state index contributed by atoms with van der Waals surface area (Å²) in [7, 11) is -3.89. The second kappa shape index (κ2) is 5.88. The molecule has 112 valence electrons. The first-order chi connectivity index (χ1) is 9.78. The molecule has 0 aliphatic heterocycles. The minimum Gasteiger partial charge on any atom is -0.368 e. The summed E-state index contributed by atoms with van der Waals surface area (Å²) in [5, 5.41) is 3.81. The van der Waals surface area contributed by atoms with E-state index in [-0.39, 0.29) is 27.3 Å². The summed E-state index contributed by atoms with van der Waals surface area (Å²) < 4.78 is 27.7. The van der Waals surface area contributed by atoms with E-state index >= 15 is 0 Å². The zero-order valence-electron chi connectivity index (χ0n) is 10.3. The molecule has 0 fully saturated rings. The standard InChI is InChI=1S/C10H9Cl2N5O3S/c11-8-1-7(3-14-10(8)12)21(19,20)16-6-2-15-17(4-6)5-9(13)18/h1-4,16H,5H2,(H2,13,18). The number of anilines is 1. The van der Waals surface area contributed by atoms with Gasteiger partial charge in [-0.05, 0) is 6.07 Å². The predicted octanol–water partition coefficient (Wildman–Crippen LogP) is 0.871. The zero-order valence-corrected chi connectivity index (χ0v) is 12.7. The molecule has 2 heterocycles. The largest absolute Gasteiger partial charge is 0.368 e. The molecule has 11 heteroatoms. The van der Waals surface area contributed by atoms with E-state index in [9.17, 15) is 13.2 Å². The monoisotopic (exact) mass is 349 g/mol. The number of sulfonamides is 1. The van der Waals surface area contributed by atoms with Crippen LogP contribution in [-0.4, -0.2) is 29.1 Å².